The molecule has 0 saturated carbocycles. The van der Waals surface area contributed by atoms with Crippen molar-refractivity contribution in [3.8, 4) is 17.1 Å². The van der Waals surface area contributed by atoms with Crippen LogP contribution in [0.5, 0.6) is 5.75 Å². The molecule has 0 atom stereocenters. The van der Waals surface area contributed by atoms with Crippen molar-refractivity contribution in [2.45, 2.75) is 11.7 Å². The number of aromatic nitrogens is 4. The summed E-state index contributed by atoms with van der Waals surface area (Å²) < 4.78 is 7.32. The highest BCUT2D eigenvalue weighted by molar-refractivity contribution is 7.99. The number of piperazine rings is 1. The summed E-state index contributed by atoms with van der Waals surface area (Å²) in [6.07, 6.45) is 3.50. The van der Waals surface area contributed by atoms with Crippen LogP contribution >= 0.6 is 11.8 Å². The van der Waals surface area contributed by atoms with Crippen LogP contribution in [0, 0.1) is 0 Å². The van der Waals surface area contributed by atoms with E-state index >= 15 is 0 Å². The monoisotopic (exact) mass is 500 g/mol. The number of hydrogen-bond donors (Lipinski definition) is 0. The molecule has 1 saturated heterocycles. The van der Waals surface area contributed by atoms with E-state index in [0.717, 1.165) is 46.6 Å². The van der Waals surface area contributed by atoms with E-state index in [4.69, 9.17) is 4.74 Å². The first-order valence-corrected chi connectivity index (χ1v) is 12.9. The van der Waals surface area contributed by atoms with Crippen LogP contribution in [-0.2, 0) is 11.3 Å². The number of nitrogens with zero attached hydrogens (tertiary/aromatic N) is 6. The van der Waals surface area contributed by atoms with Crippen molar-refractivity contribution in [2.24, 2.45) is 0 Å². The van der Waals surface area contributed by atoms with E-state index in [1.807, 2.05) is 47.4 Å². The van der Waals surface area contributed by atoms with E-state index in [2.05, 4.69) is 48.9 Å². The van der Waals surface area contributed by atoms with Gasteiger partial charge in [0.1, 0.15) is 5.75 Å². The summed E-state index contributed by atoms with van der Waals surface area (Å²) in [6, 6.07) is 22.1. The van der Waals surface area contributed by atoms with Crippen molar-refractivity contribution in [1.29, 1.82) is 0 Å². The SMILES string of the molecule is COc1ccc(N2CCN(C(=O)CSc3nnc(-c4ccncc4)n3Cc3ccccc3)CC2)cc1. The Morgan fingerprint density at radius 1 is 0.917 bits per heavy atom. The lowest BCUT2D eigenvalue weighted by molar-refractivity contribution is -0.128. The highest BCUT2D eigenvalue weighted by Gasteiger charge is 2.23. The van der Waals surface area contributed by atoms with Crippen molar-refractivity contribution in [2.75, 3.05) is 43.9 Å². The first-order valence-electron chi connectivity index (χ1n) is 11.9. The molecule has 0 aliphatic carbocycles. The predicted octanol–water partition coefficient (Wildman–Crippen LogP) is 3.84. The molecule has 0 bridgehead atoms. The number of hydrogen-bond acceptors (Lipinski definition) is 7. The second kappa shape index (κ2) is 11.3. The highest BCUT2D eigenvalue weighted by atomic mass is 32.2. The Hall–Kier alpha value is -3.85. The molecule has 0 unspecified atom stereocenters. The molecule has 1 aliphatic heterocycles. The zero-order chi connectivity index (χ0) is 24.7. The van der Waals surface area contributed by atoms with Crippen molar-refractivity contribution >= 4 is 23.4 Å². The maximum Gasteiger partial charge on any atom is 0.233 e. The van der Waals surface area contributed by atoms with E-state index < -0.39 is 0 Å². The normalized spacial score (nSPS) is 13.6. The van der Waals surface area contributed by atoms with Gasteiger partial charge in [0, 0.05) is 49.8 Å². The fourth-order valence-corrected chi connectivity index (χ4v) is 5.08. The molecule has 1 amide bonds. The van der Waals surface area contributed by atoms with Crippen molar-refractivity contribution in [1.82, 2.24) is 24.6 Å². The summed E-state index contributed by atoms with van der Waals surface area (Å²) in [4.78, 5) is 21.4. The highest BCUT2D eigenvalue weighted by Crippen LogP contribution is 2.26. The van der Waals surface area contributed by atoms with Crippen LogP contribution in [0.25, 0.3) is 11.4 Å². The Labute approximate surface area is 214 Å². The van der Waals surface area contributed by atoms with Crippen LogP contribution in [0.4, 0.5) is 5.69 Å². The number of methoxy groups -OCH3 is 1. The van der Waals surface area contributed by atoms with Gasteiger partial charge in [0.15, 0.2) is 11.0 Å². The van der Waals surface area contributed by atoms with Crippen LogP contribution in [0.3, 0.4) is 0 Å². The van der Waals surface area contributed by atoms with Crippen molar-refractivity contribution in [3.63, 3.8) is 0 Å². The fourth-order valence-electron chi connectivity index (χ4n) is 4.24. The fraction of sp³-hybridized carbons (Fsp3) is 0.259. The minimum absolute atomic E-state index is 0.120. The maximum atomic E-state index is 13.0. The number of carbonyl (C=O) groups excluding carboxylic acids is 1. The van der Waals surface area contributed by atoms with Crippen molar-refractivity contribution < 1.29 is 9.53 Å². The summed E-state index contributed by atoms with van der Waals surface area (Å²) in [5.41, 5.74) is 3.24. The molecule has 4 aromatic rings. The molecule has 0 N–H and O–H groups in total. The summed E-state index contributed by atoms with van der Waals surface area (Å²) >= 11 is 1.44. The standard InChI is InChI=1S/C27H28N6O2S/c1-35-24-9-7-23(8-10-24)31-15-17-32(18-16-31)25(34)20-36-27-30-29-26(22-11-13-28-14-12-22)33(27)19-21-5-3-2-4-6-21/h2-14H,15-20H2,1H3. The summed E-state index contributed by atoms with van der Waals surface area (Å²) in [7, 11) is 1.67. The summed E-state index contributed by atoms with van der Waals surface area (Å²) in [6.45, 7) is 3.63. The van der Waals surface area contributed by atoms with Gasteiger partial charge in [-0.05, 0) is 42.0 Å². The van der Waals surface area contributed by atoms with Crippen LogP contribution in [0.2, 0.25) is 0 Å². The molecule has 8 nitrogen and oxygen atoms in total. The van der Waals surface area contributed by atoms with Gasteiger partial charge in [0.25, 0.3) is 0 Å². The minimum Gasteiger partial charge on any atom is -0.497 e. The lowest BCUT2D eigenvalue weighted by Gasteiger charge is -2.36. The number of rotatable bonds is 8. The molecular formula is C27H28N6O2S. The Morgan fingerprint density at radius 2 is 1.64 bits per heavy atom. The molecule has 2 aromatic heterocycles. The Balaban J connectivity index is 1.23. The topological polar surface area (TPSA) is 76.4 Å². The maximum absolute atomic E-state index is 13.0. The van der Waals surface area contributed by atoms with E-state index in [0.29, 0.717) is 25.4 Å². The second-order valence-corrected chi connectivity index (χ2v) is 9.41. The zero-order valence-corrected chi connectivity index (χ0v) is 21.0. The molecule has 5 rings (SSSR count). The second-order valence-electron chi connectivity index (χ2n) is 8.47. The molecular weight excluding hydrogens is 472 g/mol. The number of ether oxygens (including phenoxy) is 1. The number of carbonyl (C=O) groups is 1. The number of pyridine rings is 1. The predicted molar refractivity (Wildman–Crippen MR) is 141 cm³/mol. The number of anilines is 1. The quantitative estimate of drug-likeness (QED) is 0.340. The first-order chi connectivity index (χ1) is 17.7. The average molecular weight is 501 g/mol. The Morgan fingerprint density at radius 3 is 2.33 bits per heavy atom. The van der Waals surface area contributed by atoms with E-state index in [1.165, 1.54) is 11.8 Å². The van der Waals surface area contributed by atoms with Gasteiger partial charge in [-0.25, -0.2) is 0 Å². The summed E-state index contributed by atoms with van der Waals surface area (Å²) in [5.74, 6) is 2.06. The van der Waals surface area contributed by atoms with Gasteiger partial charge in [-0.1, -0.05) is 42.1 Å². The van der Waals surface area contributed by atoms with Crippen molar-refractivity contribution in [3.05, 3.63) is 84.7 Å². The van der Waals surface area contributed by atoms with E-state index in [-0.39, 0.29) is 5.91 Å². The lowest BCUT2D eigenvalue weighted by atomic mass is 10.2. The number of amides is 1. The zero-order valence-electron chi connectivity index (χ0n) is 20.2. The number of thioether (sulfide) groups is 1. The third kappa shape index (κ3) is 5.52. The van der Waals surface area contributed by atoms with Crippen LogP contribution < -0.4 is 9.64 Å². The molecule has 3 heterocycles. The van der Waals surface area contributed by atoms with E-state index in [1.54, 1.807) is 19.5 Å². The smallest absolute Gasteiger partial charge is 0.233 e. The molecule has 0 radical (unpaired) electrons. The van der Waals surface area contributed by atoms with Gasteiger partial charge in [0.2, 0.25) is 5.91 Å². The third-order valence-corrected chi connectivity index (χ3v) is 7.19. The molecule has 9 heteroatoms. The largest absolute Gasteiger partial charge is 0.497 e. The van der Waals surface area contributed by atoms with Gasteiger partial charge in [0.05, 0.1) is 19.4 Å². The van der Waals surface area contributed by atoms with Gasteiger partial charge in [-0.2, -0.15) is 0 Å². The van der Waals surface area contributed by atoms with Gasteiger partial charge < -0.3 is 14.5 Å². The summed E-state index contributed by atoms with van der Waals surface area (Å²) in [5, 5.41) is 9.62. The van der Waals surface area contributed by atoms with Gasteiger partial charge in [-0.3, -0.25) is 14.3 Å². The lowest BCUT2D eigenvalue weighted by Crippen LogP contribution is -2.49. The molecule has 184 valence electrons. The Kier molecular flexibility index (Phi) is 7.47. The molecule has 2 aromatic carbocycles. The van der Waals surface area contributed by atoms with Crippen LogP contribution in [0.1, 0.15) is 5.56 Å². The van der Waals surface area contributed by atoms with Gasteiger partial charge >= 0.3 is 0 Å². The van der Waals surface area contributed by atoms with Gasteiger partial charge in [-0.15, -0.1) is 10.2 Å². The molecule has 0 spiro atoms. The molecule has 1 fully saturated rings. The van der Waals surface area contributed by atoms with Crippen LogP contribution in [0.15, 0.2) is 84.3 Å². The number of benzene rings is 2. The molecule has 36 heavy (non-hydrogen) atoms. The first kappa shape index (κ1) is 23.9. The Bertz CT molecular complexity index is 1270. The minimum atomic E-state index is 0.120. The molecule has 1 aliphatic rings. The van der Waals surface area contributed by atoms with Crippen LogP contribution in [-0.4, -0.2) is 69.6 Å². The average Bonchev–Trinajstić information content (AvgIpc) is 3.35. The van der Waals surface area contributed by atoms with E-state index in [9.17, 15) is 4.79 Å². The third-order valence-electron chi connectivity index (χ3n) is 6.23.